The van der Waals surface area contributed by atoms with Crippen molar-refractivity contribution in [3.63, 3.8) is 0 Å². The first-order valence-corrected chi connectivity index (χ1v) is 29.3. The molecule has 6 heteroatoms. The van der Waals surface area contributed by atoms with Crippen molar-refractivity contribution < 1.29 is 28.6 Å². The van der Waals surface area contributed by atoms with Gasteiger partial charge < -0.3 is 14.2 Å². The summed E-state index contributed by atoms with van der Waals surface area (Å²) in [6.45, 7) is 6.57. The fraction of sp³-hybridized carbons (Fsp3) is 0.790. The molecule has 0 fully saturated rings. The SMILES string of the molecule is CCCC/C=C\C/C=C\CCCCCCCC(=O)OC[C@H](COC(=O)CCCCCCCCCCCCCCCCCCCCC)OC(=O)CCCCCC/C=C\C/C=C\C/C=C\CCCCC. The number of carbonyl (C=O) groups excluding carboxylic acids is 3. The molecule has 0 bridgehead atoms. The number of ether oxygens (including phenoxy) is 3. The molecule has 0 saturated heterocycles. The Balaban J connectivity index is 4.39. The van der Waals surface area contributed by atoms with Crippen LogP contribution in [0.2, 0.25) is 0 Å². The van der Waals surface area contributed by atoms with Crippen molar-refractivity contribution in [3.8, 4) is 0 Å². The monoisotopic (exact) mass is 951 g/mol. The number of hydrogen-bond acceptors (Lipinski definition) is 6. The van der Waals surface area contributed by atoms with Crippen LogP contribution >= 0.6 is 0 Å². The lowest BCUT2D eigenvalue weighted by Gasteiger charge is -2.18. The van der Waals surface area contributed by atoms with E-state index in [9.17, 15) is 14.4 Å². The Bertz CT molecular complexity index is 1230. The summed E-state index contributed by atoms with van der Waals surface area (Å²) in [5.41, 5.74) is 0. The molecule has 0 aliphatic heterocycles. The van der Waals surface area contributed by atoms with Gasteiger partial charge in [0.25, 0.3) is 0 Å². The zero-order chi connectivity index (χ0) is 49.3. The van der Waals surface area contributed by atoms with Gasteiger partial charge in [0.15, 0.2) is 6.10 Å². The van der Waals surface area contributed by atoms with Gasteiger partial charge in [-0.05, 0) is 83.5 Å². The number of allylic oxidation sites excluding steroid dienone is 10. The zero-order valence-electron chi connectivity index (χ0n) is 45.1. The predicted octanol–water partition coefficient (Wildman–Crippen LogP) is 19.6. The van der Waals surface area contributed by atoms with Crippen molar-refractivity contribution in [1.29, 1.82) is 0 Å². The Morgan fingerprint density at radius 1 is 0.294 bits per heavy atom. The van der Waals surface area contributed by atoms with Gasteiger partial charge >= 0.3 is 17.9 Å². The van der Waals surface area contributed by atoms with Gasteiger partial charge in [0, 0.05) is 19.3 Å². The molecule has 0 aliphatic rings. The minimum Gasteiger partial charge on any atom is -0.462 e. The van der Waals surface area contributed by atoms with E-state index in [4.69, 9.17) is 14.2 Å². The maximum atomic E-state index is 12.9. The largest absolute Gasteiger partial charge is 0.462 e. The van der Waals surface area contributed by atoms with Crippen molar-refractivity contribution in [2.75, 3.05) is 13.2 Å². The minimum absolute atomic E-state index is 0.0855. The van der Waals surface area contributed by atoms with E-state index in [0.29, 0.717) is 19.3 Å². The van der Waals surface area contributed by atoms with Gasteiger partial charge in [-0.2, -0.15) is 0 Å². The maximum absolute atomic E-state index is 12.9. The van der Waals surface area contributed by atoms with Crippen LogP contribution in [0.1, 0.15) is 297 Å². The molecule has 0 heterocycles. The molecule has 0 aliphatic carbocycles. The number of esters is 3. The van der Waals surface area contributed by atoms with E-state index in [-0.39, 0.29) is 31.1 Å². The summed E-state index contributed by atoms with van der Waals surface area (Å²) in [6.07, 6.45) is 70.7. The third-order valence-electron chi connectivity index (χ3n) is 12.7. The second kappa shape index (κ2) is 56.7. The summed E-state index contributed by atoms with van der Waals surface area (Å²) in [6, 6.07) is 0. The van der Waals surface area contributed by atoms with Crippen molar-refractivity contribution >= 4 is 17.9 Å². The second-order valence-corrected chi connectivity index (χ2v) is 19.6. The molecule has 0 aromatic carbocycles. The summed E-state index contributed by atoms with van der Waals surface area (Å²) >= 11 is 0. The topological polar surface area (TPSA) is 78.9 Å². The van der Waals surface area contributed by atoms with Gasteiger partial charge in [-0.15, -0.1) is 0 Å². The third kappa shape index (κ3) is 54.1. The molecule has 0 spiro atoms. The van der Waals surface area contributed by atoms with Crippen LogP contribution in [0.4, 0.5) is 0 Å². The molecule has 0 amide bonds. The van der Waals surface area contributed by atoms with Gasteiger partial charge in [-0.25, -0.2) is 0 Å². The van der Waals surface area contributed by atoms with E-state index in [1.165, 1.54) is 154 Å². The van der Waals surface area contributed by atoms with Crippen molar-refractivity contribution in [2.45, 2.75) is 303 Å². The molecule has 68 heavy (non-hydrogen) atoms. The molecule has 0 unspecified atom stereocenters. The number of unbranched alkanes of at least 4 members (excludes halogenated alkanes) is 32. The molecule has 1 atom stereocenters. The number of rotatable bonds is 53. The molecule has 0 N–H and O–H groups in total. The Labute approximate surface area is 421 Å². The Hall–Kier alpha value is -2.89. The van der Waals surface area contributed by atoms with Gasteiger partial charge in [-0.1, -0.05) is 255 Å². The van der Waals surface area contributed by atoms with Crippen LogP contribution in [0.5, 0.6) is 0 Å². The third-order valence-corrected chi connectivity index (χ3v) is 12.7. The zero-order valence-corrected chi connectivity index (χ0v) is 45.1. The lowest BCUT2D eigenvalue weighted by atomic mass is 10.0. The smallest absolute Gasteiger partial charge is 0.306 e. The van der Waals surface area contributed by atoms with Gasteiger partial charge in [0.05, 0.1) is 0 Å². The van der Waals surface area contributed by atoms with E-state index in [2.05, 4.69) is 81.5 Å². The van der Waals surface area contributed by atoms with Crippen molar-refractivity contribution in [3.05, 3.63) is 60.8 Å². The molecule has 6 nitrogen and oxygen atoms in total. The van der Waals surface area contributed by atoms with Gasteiger partial charge in [0.2, 0.25) is 0 Å². The highest BCUT2D eigenvalue weighted by Gasteiger charge is 2.19. The predicted molar refractivity (Wildman–Crippen MR) is 293 cm³/mol. The Morgan fingerprint density at radius 3 is 0.897 bits per heavy atom. The van der Waals surface area contributed by atoms with Gasteiger partial charge in [0.1, 0.15) is 13.2 Å². The van der Waals surface area contributed by atoms with E-state index in [0.717, 1.165) is 103 Å². The van der Waals surface area contributed by atoms with E-state index >= 15 is 0 Å². The minimum atomic E-state index is -0.790. The number of carbonyl (C=O) groups is 3. The molecule has 0 aromatic heterocycles. The van der Waals surface area contributed by atoms with E-state index < -0.39 is 6.10 Å². The lowest BCUT2D eigenvalue weighted by molar-refractivity contribution is -0.167. The van der Waals surface area contributed by atoms with Crippen LogP contribution in [0.25, 0.3) is 0 Å². The van der Waals surface area contributed by atoms with Crippen molar-refractivity contribution in [1.82, 2.24) is 0 Å². The van der Waals surface area contributed by atoms with Crippen molar-refractivity contribution in [2.24, 2.45) is 0 Å². The highest BCUT2D eigenvalue weighted by Crippen LogP contribution is 2.16. The van der Waals surface area contributed by atoms with Gasteiger partial charge in [-0.3, -0.25) is 14.4 Å². The highest BCUT2D eigenvalue weighted by atomic mass is 16.6. The molecule has 0 aromatic rings. The first-order valence-electron chi connectivity index (χ1n) is 29.3. The highest BCUT2D eigenvalue weighted by molar-refractivity contribution is 5.71. The Kier molecular flexibility index (Phi) is 54.3. The summed E-state index contributed by atoms with van der Waals surface area (Å²) < 4.78 is 16.9. The molecular weight excluding hydrogens is 841 g/mol. The van der Waals surface area contributed by atoms with E-state index in [1.54, 1.807) is 0 Å². The van der Waals surface area contributed by atoms with E-state index in [1.807, 2.05) is 0 Å². The summed E-state index contributed by atoms with van der Waals surface area (Å²) in [5, 5.41) is 0. The summed E-state index contributed by atoms with van der Waals surface area (Å²) in [5.74, 6) is -0.909. The second-order valence-electron chi connectivity index (χ2n) is 19.6. The maximum Gasteiger partial charge on any atom is 0.306 e. The standard InChI is InChI=1S/C62H110O6/c1-4-7-10-13-16-19-22-25-28-30-31-33-34-37-40-43-46-49-52-55-61(64)67-58-59(57-66-60(63)54-51-48-45-42-39-36-27-24-21-18-15-12-9-6-3)68-62(65)56-53-50-47-44-41-38-35-32-29-26-23-20-17-14-11-8-5-2/h15,17-18,20,24,26-27,29,35,38,59H,4-14,16,19,21-23,25,28,30-34,36-37,39-58H2,1-3H3/b18-15-,20-17-,27-24-,29-26-,38-35-/t59-/m1/s1. The Morgan fingerprint density at radius 2 is 0.544 bits per heavy atom. The van der Waals surface area contributed by atoms with Crippen LogP contribution in [-0.2, 0) is 28.6 Å². The lowest BCUT2D eigenvalue weighted by Crippen LogP contribution is -2.30. The molecular formula is C62H110O6. The van der Waals surface area contributed by atoms with Crippen LogP contribution in [0.3, 0.4) is 0 Å². The normalized spacial score (nSPS) is 12.5. The van der Waals surface area contributed by atoms with Crippen LogP contribution in [0, 0.1) is 0 Å². The average molecular weight is 952 g/mol. The summed E-state index contributed by atoms with van der Waals surface area (Å²) in [4.78, 5) is 38.2. The van der Waals surface area contributed by atoms with Crippen LogP contribution < -0.4 is 0 Å². The number of hydrogen-bond donors (Lipinski definition) is 0. The fourth-order valence-corrected chi connectivity index (χ4v) is 8.29. The molecule has 0 rings (SSSR count). The molecule has 0 saturated carbocycles. The molecule has 0 radical (unpaired) electrons. The first kappa shape index (κ1) is 65.1. The quantitative estimate of drug-likeness (QED) is 0.0262. The van der Waals surface area contributed by atoms with Crippen LogP contribution in [0.15, 0.2) is 60.8 Å². The fourth-order valence-electron chi connectivity index (χ4n) is 8.29. The van der Waals surface area contributed by atoms with Crippen LogP contribution in [-0.4, -0.2) is 37.2 Å². The average Bonchev–Trinajstić information content (AvgIpc) is 3.34. The molecule has 394 valence electrons. The first-order chi connectivity index (χ1) is 33.5. The summed E-state index contributed by atoms with van der Waals surface area (Å²) in [7, 11) is 0.